The number of aliphatic hydroxyl groups excluding tert-OH is 1. The number of hydrogen-bond donors (Lipinski definition) is 2. The molecule has 1 aromatic rings. The molecular weight excluding hydrogens is 222 g/mol. The van der Waals surface area contributed by atoms with Gasteiger partial charge in [0.25, 0.3) is 5.89 Å². The van der Waals surface area contributed by atoms with E-state index in [2.05, 4.69) is 10.1 Å². The fraction of sp³-hybridized carbons (Fsp3) is 0.818. The fourth-order valence-corrected chi connectivity index (χ4v) is 1.94. The normalized spacial score (nSPS) is 22.6. The van der Waals surface area contributed by atoms with Crippen LogP contribution in [0.2, 0.25) is 0 Å². The highest BCUT2D eigenvalue weighted by Gasteiger charge is 2.20. The lowest BCUT2D eigenvalue weighted by Crippen LogP contribution is -2.21. The quantitative estimate of drug-likeness (QED) is 0.782. The summed E-state index contributed by atoms with van der Waals surface area (Å²) in [6.07, 6.45) is 3.86. The maximum absolute atomic E-state index is 9.63. The Labute approximate surface area is 100 Å². The summed E-state index contributed by atoms with van der Waals surface area (Å²) in [7, 11) is 0. The van der Waals surface area contributed by atoms with E-state index in [-0.39, 0.29) is 12.0 Å². The molecule has 96 valence electrons. The first-order valence-electron chi connectivity index (χ1n) is 6.12. The molecule has 2 rings (SSSR count). The zero-order valence-electron chi connectivity index (χ0n) is 9.84. The Hall–Kier alpha value is -0.980. The van der Waals surface area contributed by atoms with Gasteiger partial charge in [0.15, 0.2) is 5.82 Å². The van der Waals surface area contributed by atoms with Crippen LogP contribution in [0, 0.1) is 0 Å². The van der Waals surface area contributed by atoms with E-state index in [1.165, 1.54) is 6.42 Å². The molecule has 0 aromatic carbocycles. The van der Waals surface area contributed by atoms with Crippen molar-refractivity contribution in [1.29, 1.82) is 0 Å². The third kappa shape index (κ3) is 3.49. The maximum atomic E-state index is 9.63. The number of nitrogens with zero attached hydrogens (tertiary/aromatic N) is 2. The van der Waals surface area contributed by atoms with Crippen molar-refractivity contribution in [1.82, 2.24) is 10.1 Å². The molecule has 2 atom stereocenters. The molecule has 1 aliphatic rings. The molecule has 1 fully saturated rings. The van der Waals surface area contributed by atoms with Gasteiger partial charge in [-0.15, -0.1) is 0 Å². The van der Waals surface area contributed by atoms with E-state index in [1.807, 2.05) is 0 Å². The van der Waals surface area contributed by atoms with Crippen LogP contribution in [0.1, 0.15) is 43.5 Å². The first kappa shape index (κ1) is 12.5. The minimum atomic E-state index is -0.756. The van der Waals surface area contributed by atoms with Crippen molar-refractivity contribution in [2.45, 2.75) is 44.3 Å². The predicted octanol–water partition coefficient (Wildman–Crippen LogP) is 0.563. The minimum Gasteiger partial charge on any atom is -0.383 e. The molecule has 0 amide bonds. The van der Waals surface area contributed by atoms with Crippen LogP contribution in [0.3, 0.4) is 0 Å². The van der Waals surface area contributed by atoms with Crippen molar-refractivity contribution in [3.05, 3.63) is 11.7 Å². The van der Waals surface area contributed by atoms with Crippen molar-refractivity contribution in [3.63, 3.8) is 0 Å². The van der Waals surface area contributed by atoms with Crippen molar-refractivity contribution >= 4 is 0 Å². The first-order chi connectivity index (χ1) is 8.29. The maximum Gasteiger partial charge on any atom is 0.255 e. The van der Waals surface area contributed by atoms with Gasteiger partial charge >= 0.3 is 0 Å². The van der Waals surface area contributed by atoms with Crippen molar-refractivity contribution < 1.29 is 14.4 Å². The van der Waals surface area contributed by atoms with Crippen LogP contribution in [0.25, 0.3) is 0 Å². The molecule has 17 heavy (non-hydrogen) atoms. The Bertz CT molecular complexity index is 336. The van der Waals surface area contributed by atoms with Gasteiger partial charge < -0.3 is 20.1 Å². The van der Waals surface area contributed by atoms with Crippen LogP contribution in [0.15, 0.2) is 4.52 Å². The van der Waals surface area contributed by atoms with Crippen LogP contribution in [0.4, 0.5) is 0 Å². The van der Waals surface area contributed by atoms with E-state index in [1.54, 1.807) is 0 Å². The largest absolute Gasteiger partial charge is 0.383 e. The second kappa shape index (κ2) is 6.09. The number of hydrogen-bond acceptors (Lipinski definition) is 6. The number of aliphatic hydroxyl groups is 1. The highest BCUT2D eigenvalue weighted by atomic mass is 16.5. The summed E-state index contributed by atoms with van der Waals surface area (Å²) in [5.74, 6) is 0.851. The predicted molar refractivity (Wildman–Crippen MR) is 60.2 cm³/mol. The topological polar surface area (TPSA) is 94.4 Å². The van der Waals surface area contributed by atoms with Gasteiger partial charge in [-0.1, -0.05) is 5.16 Å². The number of nitrogens with two attached hydrogens (primary N) is 1. The lowest BCUT2D eigenvalue weighted by molar-refractivity contribution is 0.0153. The van der Waals surface area contributed by atoms with Gasteiger partial charge in [0.05, 0.1) is 6.10 Å². The molecule has 3 N–H and O–H groups in total. The third-order valence-electron chi connectivity index (χ3n) is 2.89. The zero-order valence-corrected chi connectivity index (χ0v) is 9.84. The van der Waals surface area contributed by atoms with Crippen LogP contribution >= 0.6 is 0 Å². The molecule has 0 spiro atoms. The summed E-state index contributed by atoms with van der Waals surface area (Å²) in [6.45, 7) is 1.20. The second-order valence-electron chi connectivity index (χ2n) is 4.33. The van der Waals surface area contributed by atoms with Crippen LogP contribution < -0.4 is 5.73 Å². The summed E-state index contributed by atoms with van der Waals surface area (Å²) in [6, 6.07) is 0. The number of ether oxygens (including phenoxy) is 1. The molecule has 2 heterocycles. The summed E-state index contributed by atoms with van der Waals surface area (Å²) in [5, 5.41) is 13.5. The Morgan fingerprint density at radius 1 is 1.47 bits per heavy atom. The van der Waals surface area contributed by atoms with E-state index >= 15 is 0 Å². The summed E-state index contributed by atoms with van der Waals surface area (Å²) < 4.78 is 10.6. The molecule has 1 saturated heterocycles. The van der Waals surface area contributed by atoms with E-state index in [0.29, 0.717) is 25.2 Å². The monoisotopic (exact) mass is 241 g/mol. The molecular formula is C11H19N3O3. The molecule has 1 aromatic heterocycles. The van der Waals surface area contributed by atoms with E-state index < -0.39 is 6.10 Å². The lowest BCUT2D eigenvalue weighted by Gasteiger charge is -2.20. The van der Waals surface area contributed by atoms with Gasteiger partial charge in [-0.3, -0.25) is 0 Å². The van der Waals surface area contributed by atoms with Gasteiger partial charge in [0, 0.05) is 13.0 Å². The van der Waals surface area contributed by atoms with Crippen molar-refractivity contribution in [3.8, 4) is 0 Å². The van der Waals surface area contributed by atoms with Crippen LogP contribution in [-0.4, -0.2) is 34.5 Å². The molecule has 0 aliphatic carbocycles. The number of rotatable bonds is 5. The SMILES string of the molecule is NCCC(O)c1nc(CC2CCCCO2)no1. The summed E-state index contributed by atoms with van der Waals surface area (Å²) in [4.78, 5) is 4.16. The van der Waals surface area contributed by atoms with Gasteiger partial charge in [0.2, 0.25) is 0 Å². The molecule has 2 unspecified atom stereocenters. The minimum absolute atomic E-state index is 0.181. The highest BCUT2D eigenvalue weighted by Crippen LogP contribution is 2.18. The van der Waals surface area contributed by atoms with Crippen molar-refractivity contribution in [2.24, 2.45) is 5.73 Å². The standard InChI is InChI=1S/C11H19N3O3/c12-5-4-9(15)11-13-10(14-17-11)7-8-3-1-2-6-16-8/h8-9,15H,1-7,12H2. The molecule has 0 bridgehead atoms. The number of aromatic nitrogens is 2. The van der Waals surface area contributed by atoms with Gasteiger partial charge in [0.1, 0.15) is 6.10 Å². The molecule has 6 nitrogen and oxygen atoms in total. The molecule has 6 heteroatoms. The summed E-state index contributed by atoms with van der Waals surface area (Å²) in [5.41, 5.74) is 5.35. The molecule has 0 radical (unpaired) electrons. The Kier molecular flexibility index (Phi) is 4.47. The van der Waals surface area contributed by atoms with Gasteiger partial charge in [-0.25, -0.2) is 0 Å². The average molecular weight is 241 g/mol. The highest BCUT2D eigenvalue weighted by molar-refractivity contribution is 4.92. The van der Waals surface area contributed by atoms with Crippen molar-refractivity contribution in [2.75, 3.05) is 13.2 Å². The third-order valence-corrected chi connectivity index (χ3v) is 2.89. The zero-order chi connectivity index (χ0) is 12.1. The lowest BCUT2D eigenvalue weighted by atomic mass is 10.1. The average Bonchev–Trinajstić information content (AvgIpc) is 2.79. The fourth-order valence-electron chi connectivity index (χ4n) is 1.94. The Morgan fingerprint density at radius 2 is 2.35 bits per heavy atom. The first-order valence-corrected chi connectivity index (χ1v) is 6.12. The second-order valence-corrected chi connectivity index (χ2v) is 4.33. The molecule has 0 saturated carbocycles. The Morgan fingerprint density at radius 3 is 3.06 bits per heavy atom. The van der Waals surface area contributed by atoms with E-state index in [0.717, 1.165) is 19.4 Å². The smallest absolute Gasteiger partial charge is 0.255 e. The Balaban J connectivity index is 1.88. The molecule has 1 aliphatic heterocycles. The summed E-state index contributed by atoms with van der Waals surface area (Å²) >= 11 is 0. The van der Waals surface area contributed by atoms with Gasteiger partial charge in [-0.2, -0.15) is 4.98 Å². The van der Waals surface area contributed by atoms with E-state index in [9.17, 15) is 5.11 Å². The van der Waals surface area contributed by atoms with Crippen LogP contribution in [-0.2, 0) is 11.2 Å². The van der Waals surface area contributed by atoms with E-state index in [4.69, 9.17) is 15.0 Å². The van der Waals surface area contributed by atoms with Gasteiger partial charge in [-0.05, 0) is 32.2 Å². The van der Waals surface area contributed by atoms with Crippen LogP contribution in [0.5, 0.6) is 0 Å².